The molecule has 0 aliphatic carbocycles. The molecule has 0 saturated heterocycles. The lowest BCUT2D eigenvalue weighted by molar-refractivity contribution is -0.681. The summed E-state index contributed by atoms with van der Waals surface area (Å²) in [5.41, 5.74) is 5.81. The SMILES string of the molecule is Nc1cccc[n+]1CCC(=O)NCCOCCOCCOCCOCC(=O)O. The third kappa shape index (κ3) is 13.0. The third-order valence-electron chi connectivity index (χ3n) is 3.47. The number of carboxylic acids is 1. The van der Waals surface area contributed by atoms with Crippen LogP contribution in [-0.4, -0.2) is 76.4 Å². The summed E-state index contributed by atoms with van der Waals surface area (Å²) in [4.78, 5) is 22.0. The van der Waals surface area contributed by atoms with E-state index >= 15 is 0 Å². The van der Waals surface area contributed by atoms with E-state index in [2.05, 4.69) is 5.32 Å². The number of carbonyl (C=O) groups excluding carboxylic acids is 1. The zero-order valence-electron chi connectivity index (χ0n) is 16.0. The molecule has 10 heteroatoms. The van der Waals surface area contributed by atoms with E-state index in [9.17, 15) is 9.59 Å². The van der Waals surface area contributed by atoms with Gasteiger partial charge in [-0.1, -0.05) is 6.07 Å². The van der Waals surface area contributed by atoms with Crippen molar-refractivity contribution in [2.24, 2.45) is 0 Å². The summed E-state index contributed by atoms with van der Waals surface area (Å²) in [5, 5.41) is 11.2. The number of carboxylic acid groups (broad SMARTS) is 1. The first kappa shape index (κ1) is 23.8. The molecule has 0 atom stereocenters. The Balaban J connectivity index is 1.83. The van der Waals surface area contributed by atoms with Crippen LogP contribution >= 0.6 is 0 Å². The van der Waals surface area contributed by atoms with Gasteiger partial charge in [-0.3, -0.25) is 10.5 Å². The van der Waals surface area contributed by atoms with Gasteiger partial charge < -0.3 is 29.4 Å². The Bertz CT molecular complexity index is 572. The third-order valence-corrected chi connectivity index (χ3v) is 3.47. The first-order chi connectivity index (χ1) is 13.6. The van der Waals surface area contributed by atoms with E-state index in [1.165, 1.54) is 0 Å². The van der Waals surface area contributed by atoms with Crippen molar-refractivity contribution in [1.29, 1.82) is 0 Å². The van der Waals surface area contributed by atoms with Crippen molar-refractivity contribution in [3.8, 4) is 0 Å². The molecule has 0 saturated carbocycles. The molecule has 0 aliphatic rings. The van der Waals surface area contributed by atoms with E-state index in [-0.39, 0.29) is 19.1 Å². The van der Waals surface area contributed by atoms with Gasteiger partial charge in [-0.05, 0) is 6.07 Å². The highest BCUT2D eigenvalue weighted by Gasteiger charge is 2.06. The molecule has 1 heterocycles. The number of nitrogens with zero attached hydrogens (tertiary/aromatic N) is 1. The number of aryl methyl sites for hydroxylation is 1. The molecule has 0 aliphatic heterocycles. The lowest BCUT2D eigenvalue weighted by Gasteiger charge is -2.08. The predicted octanol–water partition coefficient (Wildman–Crippen LogP) is -0.786. The molecule has 0 fully saturated rings. The summed E-state index contributed by atoms with van der Waals surface area (Å²) in [6.07, 6.45) is 2.19. The van der Waals surface area contributed by atoms with Gasteiger partial charge in [0.2, 0.25) is 5.91 Å². The number of aromatic nitrogens is 1. The topological polar surface area (TPSA) is 133 Å². The number of rotatable bonds is 17. The molecule has 1 aromatic rings. The first-order valence-corrected chi connectivity index (χ1v) is 9.13. The highest BCUT2D eigenvalue weighted by molar-refractivity contribution is 5.75. The fraction of sp³-hybridized carbons (Fsp3) is 0.611. The number of pyridine rings is 1. The number of anilines is 1. The molecule has 0 radical (unpaired) electrons. The number of ether oxygens (including phenoxy) is 4. The van der Waals surface area contributed by atoms with Crippen LogP contribution in [-0.2, 0) is 35.1 Å². The second-order valence-corrected chi connectivity index (χ2v) is 5.70. The fourth-order valence-corrected chi connectivity index (χ4v) is 2.09. The normalized spacial score (nSPS) is 10.7. The Morgan fingerprint density at radius 1 is 0.964 bits per heavy atom. The predicted molar refractivity (Wildman–Crippen MR) is 99.6 cm³/mol. The highest BCUT2D eigenvalue weighted by atomic mass is 16.6. The van der Waals surface area contributed by atoms with Crippen LogP contribution in [0, 0.1) is 0 Å². The zero-order valence-corrected chi connectivity index (χ0v) is 16.0. The molecule has 28 heavy (non-hydrogen) atoms. The smallest absolute Gasteiger partial charge is 0.329 e. The van der Waals surface area contributed by atoms with Gasteiger partial charge in [-0.2, -0.15) is 0 Å². The molecule has 0 aromatic carbocycles. The number of aliphatic carboxylic acids is 1. The monoisotopic (exact) mass is 400 g/mol. The summed E-state index contributed by atoms with van der Waals surface area (Å²) in [6, 6.07) is 5.50. The van der Waals surface area contributed by atoms with Crippen molar-refractivity contribution in [3.63, 3.8) is 0 Å². The standard InChI is InChI=1S/C18H29N3O7/c19-16-3-1-2-6-21(16)7-4-17(22)20-5-8-25-9-10-26-11-12-27-13-14-28-15-18(23)24/h1-3,6,19H,4-5,7-15H2,(H2,20,22,23,24)/p+1. The van der Waals surface area contributed by atoms with Crippen LogP contribution in [0.2, 0.25) is 0 Å². The molecule has 0 bridgehead atoms. The molecule has 158 valence electrons. The second kappa shape index (κ2) is 15.8. The minimum absolute atomic E-state index is 0.0555. The van der Waals surface area contributed by atoms with Gasteiger partial charge in [0, 0.05) is 12.6 Å². The minimum atomic E-state index is -1.00. The van der Waals surface area contributed by atoms with E-state index in [1.807, 2.05) is 22.9 Å². The van der Waals surface area contributed by atoms with E-state index in [1.54, 1.807) is 6.07 Å². The van der Waals surface area contributed by atoms with Crippen LogP contribution in [0.3, 0.4) is 0 Å². The van der Waals surface area contributed by atoms with Crippen molar-refractivity contribution < 1.29 is 38.2 Å². The van der Waals surface area contributed by atoms with E-state index in [0.717, 1.165) is 0 Å². The van der Waals surface area contributed by atoms with Crippen molar-refractivity contribution in [1.82, 2.24) is 5.32 Å². The van der Waals surface area contributed by atoms with Gasteiger partial charge >= 0.3 is 5.97 Å². The maximum absolute atomic E-state index is 11.8. The van der Waals surface area contributed by atoms with Crippen molar-refractivity contribution >= 4 is 17.7 Å². The Morgan fingerprint density at radius 2 is 1.57 bits per heavy atom. The molecular weight excluding hydrogens is 370 g/mol. The molecule has 0 spiro atoms. The number of hydrogen-bond acceptors (Lipinski definition) is 7. The Hall–Kier alpha value is -2.27. The van der Waals surface area contributed by atoms with Crippen LogP contribution in [0.5, 0.6) is 0 Å². The van der Waals surface area contributed by atoms with Gasteiger partial charge in [0.05, 0.1) is 65.4 Å². The first-order valence-electron chi connectivity index (χ1n) is 9.13. The summed E-state index contributed by atoms with van der Waals surface area (Å²) < 4.78 is 22.5. The van der Waals surface area contributed by atoms with Gasteiger partial charge in [0.25, 0.3) is 5.82 Å². The van der Waals surface area contributed by atoms with Crippen molar-refractivity contribution in [2.45, 2.75) is 13.0 Å². The highest BCUT2D eigenvalue weighted by Crippen LogP contribution is 1.92. The van der Waals surface area contributed by atoms with Crippen molar-refractivity contribution in [2.75, 3.05) is 65.1 Å². The maximum atomic E-state index is 11.8. The fourth-order valence-electron chi connectivity index (χ4n) is 2.09. The summed E-state index contributed by atoms with van der Waals surface area (Å²) in [7, 11) is 0. The summed E-state index contributed by atoms with van der Waals surface area (Å²) >= 11 is 0. The van der Waals surface area contributed by atoms with Crippen LogP contribution in [0.1, 0.15) is 6.42 Å². The van der Waals surface area contributed by atoms with Gasteiger partial charge in [-0.25, -0.2) is 9.36 Å². The van der Waals surface area contributed by atoms with E-state index in [4.69, 9.17) is 29.8 Å². The van der Waals surface area contributed by atoms with Gasteiger partial charge in [0.1, 0.15) is 6.61 Å². The molecular formula is C18H30N3O7+. The number of carbonyl (C=O) groups is 2. The molecule has 0 unspecified atom stereocenters. The quantitative estimate of drug-likeness (QED) is 0.229. The zero-order chi connectivity index (χ0) is 20.5. The van der Waals surface area contributed by atoms with Crippen LogP contribution in [0.4, 0.5) is 5.82 Å². The van der Waals surface area contributed by atoms with Crippen LogP contribution < -0.4 is 15.6 Å². The average molecular weight is 400 g/mol. The van der Waals surface area contributed by atoms with E-state index < -0.39 is 5.97 Å². The number of nitrogens with two attached hydrogens (primary N) is 1. The van der Waals surface area contributed by atoms with Gasteiger partial charge in [0.15, 0.2) is 0 Å². The number of amides is 1. The molecule has 4 N–H and O–H groups in total. The largest absolute Gasteiger partial charge is 0.480 e. The van der Waals surface area contributed by atoms with Crippen LogP contribution in [0.25, 0.3) is 0 Å². The lowest BCUT2D eigenvalue weighted by Crippen LogP contribution is -2.39. The molecule has 1 aromatic heterocycles. The molecule has 10 nitrogen and oxygen atoms in total. The summed E-state index contributed by atoms with van der Waals surface area (Å²) in [5.74, 6) is -0.435. The Kier molecular flexibility index (Phi) is 13.4. The Labute approximate surface area is 164 Å². The van der Waals surface area contributed by atoms with E-state index in [0.29, 0.717) is 65.0 Å². The minimum Gasteiger partial charge on any atom is -0.480 e. The van der Waals surface area contributed by atoms with Crippen molar-refractivity contribution in [3.05, 3.63) is 24.4 Å². The summed E-state index contributed by atoms with van der Waals surface area (Å²) in [6.45, 7) is 3.28. The maximum Gasteiger partial charge on any atom is 0.329 e. The van der Waals surface area contributed by atoms with Gasteiger partial charge in [-0.15, -0.1) is 0 Å². The average Bonchev–Trinajstić information content (AvgIpc) is 2.67. The number of nitrogen functional groups attached to an aromatic ring is 1. The Morgan fingerprint density at radius 3 is 2.18 bits per heavy atom. The number of nitrogens with one attached hydrogen (secondary N) is 1. The molecule has 1 amide bonds. The van der Waals surface area contributed by atoms with Crippen LogP contribution in [0.15, 0.2) is 24.4 Å². The number of hydrogen-bond donors (Lipinski definition) is 3. The lowest BCUT2D eigenvalue weighted by atomic mass is 10.3. The molecule has 1 rings (SSSR count). The second-order valence-electron chi connectivity index (χ2n) is 5.70.